The summed E-state index contributed by atoms with van der Waals surface area (Å²) in [6, 6.07) is 14.9. The SMILES string of the molecule is CCOC(=O)c1c(NC(=O)CSc2cn(Cc3cc(C)ccc3C)c3ccccc23)sc2c1CCCCC2. The number of amides is 1. The van der Waals surface area contributed by atoms with E-state index in [0.717, 1.165) is 53.6 Å². The maximum absolute atomic E-state index is 13.1. The van der Waals surface area contributed by atoms with Gasteiger partial charge >= 0.3 is 5.97 Å². The first-order valence-corrected chi connectivity index (χ1v) is 15.1. The standard InChI is InChI=1S/C31H34N2O3S2/c1-4-36-31(35)29-24-11-6-5-7-13-26(24)38-30(29)32-28(34)19-37-27-18-33(25-12-9-8-10-23(25)27)17-22-16-20(2)14-15-21(22)3/h8-10,12,14-16,18H,4-7,11,13,17,19H2,1-3H3,(H,32,34). The molecule has 1 aliphatic carbocycles. The fourth-order valence-corrected chi connectivity index (χ4v) is 7.35. The Bertz CT molecular complexity index is 1480. The number of anilines is 1. The molecule has 0 saturated heterocycles. The molecule has 38 heavy (non-hydrogen) atoms. The number of hydrogen-bond donors (Lipinski definition) is 1. The molecule has 0 spiro atoms. The normalized spacial score (nSPS) is 13.2. The number of rotatable bonds is 8. The first kappa shape index (κ1) is 26.6. The molecule has 1 aliphatic rings. The van der Waals surface area contributed by atoms with Crippen LogP contribution in [0.25, 0.3) is 10.9 Å². The zero-order valence-electron chi connectivity index (χ0n) is 22.3. The number of nitrogens with zero attached hydrogens (tertiary/aromatic N) is 1. The third kappa shape index (κ3) is 5.69. The van der Waals surface area contributed by atoms with Gasteiger partial charge in [0.15, 0.2) is 0 Å². The van der Waals surface area contributed by atoms with Crippen LogP contribution in [-0.4, -0.2) is 28.8 Å². The zero-order chi connectivity index (χ0) is 26.6. The monoisotopic (exact) mass is 546 g/mol. The van der Waals surface area contributed by atoms with Gasteiger partial charge in [-0.25, -0.2) is 4.79 Å². The van der Waals surface area contributed by atoms with Crippen molar-refractivity contribution in [3.05, 3.63) is 81.4 Å². The van der Waals surface area contributed by atoms with Crippen LogP contribution in [-0.2, 0) is 28.9 Å². The van der Waals surface area contributed by atoms with Gasteiger partial charge in [-0.1, -0.05) is 48.4 Å². The lowest BCUT2D eigenvalue weighted by atomic mass is 10.1. The van der Waals surface area contributed by atoms with Crippen LogP contribution < -0.4 is 5.32 Å². The van der Waals surface area contributed by atoms with E-state index in [1.807, 2.05) is 13.0 Å². The third-order valence-corrected chi connectivity index (χ3v) is 9.36. The number of carbonyl (C=O) groups is 2. The van der Waals surface area contributed by atoms with E-state index in [1.165, 1.54) is 39.8 Å². The number of aromatic nitrogens is 1. The van der Waals surface area contributed by atoms with E-state index in [4.69, 9.17) is 4.74 Å². The van der Waals surface area contributed by atoms with Crippen LogP contribution in [0, 0.1) is 13.8 Å². The molecule has 0 unspecified atom stereocenters. The van der Waals surface area contributed by atoms with Gasteiger partial charge in [0.25, 0.3) is 0 Å². The number of esters is 1. The predicted octanol–water partition coefficient (Wildman–Crippen LogP) is 7.54. The summed E-state index contributed by atoms with van der Waals surface area (Å²) in [4.78, 5) is 28.3. The number of para-hydroxylation sites is 1. The summed E-state index contributed by atoms with van der Waals surface area (Å²) in [5.74, 6) is -0.171. The molecule has 5 nitrogen and oxygen atoms in total. The van der Waals surface area contributed by atoms with Crippen LogP contribution in [0.4, 0.5) is 5.00 Å². The quantitative estimate of drug-likeness (QED) is 0.141. The predicted molar refractivity (Wildman–Crippen MR) is 158 cm³/mol. The number of nitrogens with one attached hydrogen (secondary N) is 1. The Morgan fingerprint density at radius 1 is 1.08 bits per heavy atom. The Labute approximate surface area is 232 Å². The first-order valence-electron chi connectivity index (χ1n) is 13.3. The average molecular weight is 547 g/mol. The number of ether oxygens (including phenoxy) is 1. The summed E-state index contributed by atoms with van der Waals surface area (Å²) in [5, 5.41) is 4.84. The molecule has 0 atom stereocenters. The van der Waals surface area contributed by atoms with E-state index in [2.05, 4.69) is 66.3 Å². The number of fused-ring (bicyclic) bond motifs is 2. The van der Waals surface area contributed by atoms with Crippen molar-refractivity contribution in [3.63, 3.8) is 0 Å². The number of hydrogen-bond acceptors (Lipinski definition) is 5. The minimum Gasteiger partial charge on any atom is -0.462 e. The summed E-state index contributed by atoms with van der Waals surface area (Å²) < 4.78 is 7.64. The van der Waals surface area contributed by atoms with E-state index in [0.29, 0.717) is 17.2 Å². The summed E-state index contributed by atoms with van der Waals surface area (Å²) in [7, 11) is 0. The summed E-state index contributed by atoms with van der Waals surface area (Å²) in [6.07, 6.45) is 7.32. The van der Waals surface area contributed by atoms with Crippen LogP contribution in [0.15, 0.2) is 53.6 Å². The average Bonchev–Trinajstić information content (AvgIpc) is 3.33. The minimum atomic E-state index is -0.329. The topological polar surface area (TPSA) is 60.3 Å². The van der Waals surface area contributed by atoms with Crippen molar-refractivity contribution in [2.45, 2.75) is 64.3 Å². The first-order chi connectivity index (χ1) is 18.4. The summed E-state index contributed by atoms with van der Waals surface area (Å²) in [6.45, 7) is 7.18. The van der Waals surface area contributed by atoms with E-state index < -0.39 is 0 Å². The van der Waals surface area contributed by atoms with E-state index >= 15 is 0 Å². The molecule has 5 rings (SSSR count). The molecule has 0 saturated carbocycles. The number of thiophene rings is 1. The van der Waals surface area contributed by atoms with Gasteiger partial charge in [-0.2, -0.15) is 0 Å². The number of carbonyl (C=O) groups excluding carboxylic acids is 2. The highest BCUT2D eigenvalue weighted by molar-refractivity contribution is 8.00. The maximum atomic E-state index is 13.1. The highest BCUT2D eigenvalue weighted by Crippen LogP contribution is 2.38. The lowest BCUT2D eigenvalue weighted by Crippen LogP contribution is -2.16. The Hall–Kier alpha value is -3.03. The largest absolute Gasteiger partial charge is 0.462 e. The molecule has 2 aromatic carbocycles. The van der Waals surface area contributed by atoms with Crippen molar-refractivity contribution in [3.8, 4) is 0 Å². The van der Waals surface area contributed by atoms with Crippen LogP contribution in [0.2, 0.25) is 0 Å². The van der Waals surface area contributed by atoms with Gasteiger partial charge in [-0.05, 0) is 69.2 Å². The molecular weight excluding hydrogens is 512 g/mol. The van der Waals surface area contributed by atoms with Gasteiger partial charge in [0, 0.05) is 33.4 Å². The molecule has 2 heterocycles. The van der Waals surface area contributed by atoms with Crippen LogP contribution >= 0.6 is 23.1 Å². The van der Waals surface area contributed by atoms with Gasteiger partial charge in [0.1, 0.15) is 5.00 Å². The molecular formula is C31H34N2O3S2. The third-order valence-electron chi connectivity index (χ3n) is 7.11. The van der Waals surface area contributed by atoms with Crippen LogP contribution in [0.1, 0.15) is 63.7 Å². The smallest absolute Gasteiger partial charge is 0.341 e. The van der Waals surface area contributed by atoms with Gasteiger partial charge in [0.2, 0.25) is 5.91 Å². The summed E-state index contributed by atoms with van der Waals surface area (Å²) >= 11 is 3.08. The Morgan fingerprint density at radius 2 is 1.89 bits per heavy atom. The van der Waals surface area contributed by atoms with Crippen molar-refractivity contribution in [1.29, 1.82) is 0 Å². The van der Waals surface area contributed by atoms with Gasteiger partial charge in [-0.15, -0.1) is 23.1 Å². The van der Waals surface area contributed by atoms with Gasteiger partial charge in [0.05, 0.1) is 17.9 Å². The maximum Gasteiger partial charge on any atom is 0.341 e. The molecule has 1 amide bonds. The molecule has 2 aromatic heterocycles. The van der Waals surface area contributed by atoms with E-state index in [-0.39, 0.29) is 17.6 Å². The minimum absolute atomic E-state index is 0.108. The molecule has 0 fully saturated rings. The van der Waals surface area contributed by atoms with Crippen molar-refractivity contribution < 1.29 is 14.3 Å². The molecule has 4 aromatic rings. The highest BCUT2D eigenvalue weighted by atomic mass is 32.2. The van der Waals surface area contributed by atoms with Crippen LogP contribution in [0.5, 0.6) is 0 Å². The molecule has 1 N–H and O–H groups in total. The molecule has 0 aliphatic heterocycles. The zero-order valence-corrected chi connectivity index (χ0v) is 23.9. The van der Waals surface area contributed by atoms with E-state index in [1.54, 1.807) is 11.3 Å². The number of benzene rings is 2. The molecule has 0 bridgehead atoms. The van der Waals surface area contributed by atoms with Gasteiger partial charge < -0.3 is 14.6 Å². The highest BCUT2D eigenvalue weighted by Gasteiger charge is 2.26. The van der Waals surface area contributed by atoms with Crippen molar-refractivity contribution in [2.75, 3.05) is 17.7 Å². The van der Waals surface area contributed by atoms with E-state index in [9.17, 15) is 9.59 Å². The second kappa shape index (κ2) is 11.8. The van der Waals surface area contributed by atoms with Crippen molar-refractivity contribution in [2.24, 2.45) is 0 Å². The Kier molecular flexibility index (Phi) is 8.24. The number of aryl methyl sites for hydroxylation is 3. The fourth-order valence-electron chi connectivity index (χ4n) is 5.17. The number of thioether (sulfide) groups is 1. The fraction of sp³-hybridized carbons (Fsp3) is 0.355. The van der Waals surface area contributed by atoms with Crippen molar-refractivity contribution in [1.82, 2.24) is 4.57 Å². The molecule has 7 heteroatoms. The lowest BCUT2D eigenvalue weighted by Gasteiger charge is -2.09. The van der Waals surface area contributed by atoms with Gasteiger partial charge in [-0.3, -0.25) is 4.79 Å². The second-order valence-electron chi connectivity index (χ2n) is 9.89. The molecule has 198 valence electrons. The molecule has 0 radical (unpaired) electrons. The Morgan fingerprint density at radius 3 is 2.74 bits per heavy atom. The van der Waals surface area contributed by atoms with Crippen LogP contribution in [0.3, 0.4) is 0 Å². The summed E-state index contributed by atoms with van der Waals surface area (Å²) in [5.41, 5.74) is 6.61. The second-order valence-corrected chi connectivity index (χ2v) is 12.0. The lowest BCUT2D eigenvalue weighted by molar-refractivity contribution is -0.113. The Balaban J connectivity index is 1.35. The van der Waals surface area contributed by atoms with Crippen molar-refractivity contribution >= 4 is 50.9 Å².